The summed E-state index contributed by atoms with van der Waals surface area (Å²) < 4.78 is 26.1. The molecule has 0 aliphatic carbocycles. The van der Waals surface area contributed by atoms with Crippen molar-refractivity contribution in [2.24, 2.45) is 0 Å². The van der Waals surface area contributed by atoms with Crippen LogP contribution >= 0.6 is 23.2 Å². The summed E-state index contributed by atoms with van der Waals surface area (Å²) in [5.41, 5.74) is 1.88. The van der Waals surface area contributed by atoms with E-state index in [0.717, 1.165) is 16.1 Å². The fourth-order valence-electron chi connectivity index (χ4n) is 3.22. The molecule has 1 N–H and O–H groups in total. The highest BCUT2D eigenvalue weighted by molar-refractivity contribution is 7.92. The smallest absolute Gasteiger partial charge is 0.244 e. The maximum absolute atomic E-state index is 13.4. The Morgan fingerprint density at radius 3 is 2.24 bits per heavy atom. The van der Waals surface area contributed by atoms with Crippen LogP contribution in [-0.2, 0) is 26.2 Å². The van der Waals surface area contributed by atoms with Crippen LogP contribution < -0.4 is 9.62 Å². The third kappa shape index (κ3) is 7.62. The minimum absolute atomic E-state index is 0.0494. The second-order valence-corrected chi connectivity index (χ2v) is 10.9. The first-order valence-corrected chi connectivity index (χ1v) is 13.0. The van der Waals surface area contributed by atoms with Crippen LogP contribution in [0.25, 0.3) is 0 Å². The summed E-state index contributed by atoms with van der Waals surface area (Å²) in [6.45, 7) is 6.67. The highest BCUT2D eigenvalue weighted by atomic mass is 35.5. The molecule has 0 saturated carbocycles. The summed E-state index contributed by atoms with van der Waals surface area (Å²) in [6, 6.07) is 10.8. The van der Waals surface area contributed by atoms with E-state index in [1.807, 2.05) is 26.8 Å². The number of halogens is 2. The van der Waals surface area contributed by atoms with Gasteiger partial charge in [0, 0.05) is 12.6 Å². The zero-order valence-corrected chi connectivity index (χ0v) is 21.6. The molecule has 2 amide bonds. The van der Waals surface area contributed by atoms with Gasteiger partial charge in [0.2, 0.25) is 21.8 Å². The average molecular weight is 514 g/mol. The molecule has 0 unspecified atom stereocenters. The molecule has 7 nitrogen and oxygen atoms in total. The Balaban J connectivity index is 2.41. The normalized spacial score (nSPS) is 12.4. The van der Waals surface area contributed by atoms with Crippen molar-refractivity contribution in [1.82, 2.24) is 10.2 Å². The summed E-state index contributed by atoms with van der Waals surface area (Å²) in [4.78, 5) is 27.5. The first-order chi connectivity index (χ1) is 15.3. The summed E-state index contributed by atoms with van der Waals surface area (Å²) in [7, 11) is -3.77. The molecule has 0 heterocycles. The molecular formula is C23H29Cl2N3O4S. The van der Waals surface area contributed by atoms with Gasteiger partial charge in [0.1, 0.15) is 12.6 Å². The topological polar surface area (TPSA) is 86.8 Å². The molecular weight excluding hydrogens is 485 g/mol. The molecule has 2 aromatic carbocycles. The third-order valence-electron chi connectivity index (χ3n) is 4.90. The van der Waals surface area contributed by atoms with E-state index in [1.165, 1.54) is 4.90 Å². The standard InChI is InChI=1S/C23H29Cl2N3O4S/c1-15(2)26-23(30)17(4)27(13-18-9-10-20(24)21(25)12-18)22(29)14-28(33(5,31)32)19-8-6-7-16(3)11-19/h6-12,15,17H,13-14H2,1-5H3,(H,26,30)/t17-/m0/s1. The molecule has 0 bridgehead atoms. The Morgan fingerprint density at radius 1 is 1.03 bits per heavy atom. The molecule has 33 heavy (non-hydrogen) atoms. The second-order valence-electron chi connectivity index (χ2n) is 8.22. The third-order valence-corrected chi connectivity index (χ3v) is 6.78. The van der Waals surface area contributed by atoms with Crippen molar-refractivity contribution in [2.75, 3.05) is 17.1 Å². The van der Waals surface area contributed by atoms with Crippen molar-refractivity contribution in [1.29, 1.82) is 0 Å². The van der Waals surface area contributed by atoms with Gasteiger partial charge in [0.15, 0.2) is 0 Å². The zero-order chi connectivity index (χ0) is 24.9. The highest BCUT2D eigenvalue weighted by Gasteiger charge is 2.30. The van der Waals surface area contributed by atoms with Crippen LogP contribution in [0.1, 0.15) is 31.9 Å². The monoisotopic (exact) mass is 513 g/mol. The van der Waals surface area contributed by atoms with Crippen LogP contribution in [0.15, 0.2) is 42.5 Å². The number of hydrogen-bond donors (Lipinski definition) is 1. The molecule has 2 aromatic rings. The lowest BCUT2D eigenvalue weighted by Gasteiger charge is -2.32. The fraction of sp³-hybridized carbons (Fsp3) is 0.391. The average Bonchev–Trinajstić information content (AvgIpc) is 2.70. The lowest BCUT2D eigenvalue weighted by atomic mass is 10.1. The van der Waals surface area contributed by atoms with Crippen molar-refractivity contribution in [3.8, 4) is 0 Å². The highest BCUT2D eigenvalue weighted by Crippen LogP contribution is 2.24. The number of rotatable bonds is 9. The van der Waals surface area contributed by atoms with Gasteiger partial charge in [-0.25, -0.2) is 8.42 Å². The van der Waals surface area contributed by atoms with E-state index in [0.29, 0.717) is 21.3 Å². The summed E-state index contributed by atoms with van der Waals surface area (Å²) in [6.07, 6.45) is 1.04. The van der Waals surface area contributed by atoms with Crippen LogP contribution in [0.5, 0.6) is 0 Å². The van der Waals surface area contributed by atoms with Crippen LogP contribution in [0, 0.1) is 6.92 Å². The molecule has 2 rings (SSSR count). The molecule has 0 radical (unpaired) electrons. The summed E-state index contributed by atoms with van der Waals surface area (Å²) in [5, 5.41) is 3.48. The molecule has 10 heteroatoms. The molecule has 0 aliphatic rings. The van der Waals surface area contributed by atoms with Gasteiger partial charge < -0.3 is 10.2 Å². The Hall–Kier alpha value is -2.29. The SMILES string of the molecule is Cc1cccc(N(CC(=O)N(Cc2ccc(Cl)c(Cl)c2)[C@@H](C)C(=O)NC(C)C)S(C)(=O)=O)c1. The number of aryl methyl sites for hydroxylation is 1. The van der Waals surface area contributed by atoms with Crippen molar-refractivity contribution >= 4 is 50.7 Å². The minimum Gasteiger partial charge on any atom is -0.352 e. The molecule has 1 atom stereocenters. The molecule has 0 saturated heterocycles. The Kier molecular flexibility index (Phi) is 9.17. The summed E-state index contributed by atoms with van der Waals surface area (Å²) >= 11 is 12.1. The van der Waals surface area contributed by atoms with Gasteiger partial charge >= 0.3 is 0 Å². The predicted molar refractivity (Wildman–Crippen MR) is 133 cm³/mol. The van der Waals surface area contributed by atoms with Crippen LogP contribution in [0.3, 0.4) is 0 Å². The van der Waals surface area contributed by atoms with Crippen molar-refractivity contribution in [3.05, 3.63) is 63.6 Å². The van der Waals surface area contributed by atoms with Crippen LogP contribution in [0.4, 0.5) is 5.69 Å². The number of carbonyl (C=O) groups is 2. The van der Waals surface area contributed by atoms with Gasteiger partial charge in [-0.05, 0) is 63.1 Å². The fourth-order valence-corrected chi connectivity index (χ4v) is 4.38. The number of amides is 2. The number of anilines is 1. The van der Waals surface area contributed by atoms with E-state index < -0.39 is 28.5 Å². The molecule has 180 valence electrons. The zero-order valence-electron chi connectivity index (χ0n) is 19.3. The maximum Gasteiger partial charge on any atom is 0.244 e. The number of carbonyl (C=O) groups excluding carboxylic acids is 2. The molecule has 0 aromatic heterocycles. The quantitative estimate of drug-likeness (QED) is 0.548. The van der Waals surface area contributed by atoms with Gasteiger partial charge in [-0.2, -0.15) is 0 Å². The first-order valence-electron chi connectivity index (χ1n) is 10.4. The van der Waals surface area contributed by atoms with E-state index in [9.17, 15) is 18.0 Å². The number of benzene rings is 2. The Labute approximate surface area is 205 Å². The van der Waals surface area contributed by atoms with E-state index in [-0.39, 0.29) is 18.5 Å². The van der Waals surface area contributed by atoms with Gasteiger partial charge in [0.25, 0.3) is 0 Å². The summed E-state index contributed by atoms with van der Waals surface area (Å²) in [5.74, 6) is -0.876. The molecule has 0 fully saturated rings. The first kappa shape index (κ1) is 27.0. The largest absolute Gasteiger partial charge is 0.352 e. The van der Waals surface area contributed by atoms with Crippen molar-refractivity contribution in [2.45, 2.75) is 46.3 Å². The van der Waals surface area contributed by atoms with Crippen molar-refractivity contribution < 1.29 is 18.0 Å². The maximum atomic E-state index is 13.4. The van der Waals surface area contributed by atoms with E-state index in [1.54, 1.807) is 43.3 Å². The predicted octanol–water partition coefficient (Wildman–Crippen LogP) is 4.01. The van der Waals surface area contributed by atoms with E-state index in [4.69, 9.17) is 23.2 Å². The van der Waals surface area contributed by atoms with Crippen molar-refractivity contribution in [3.63, 3.8) is 0 Å². The Morgan fingerprint density at radius 2 is 1.70 bits per heavy atom. The van der Waals surface area contributed by atoms with E-state index >= 15 is 0 Å². The molecule has 0 aliphatic heterocycles. The van der Waals surface area contributed by atoms with Crippen LogP contribution in [-0.4, -0.2) is 50.0 Å². The van der Waals surface area contributed by atoms with Gasteiger partial charge in [-0.1, -0.05) is 41.4 Å². The van der Waals surface area contributed by atoms with Crippen LogP contribution in [0.2, 0.25) is 10.0 Å². The lowest BCUT2D eigenvalue weighted by molar-refractivity contribution is -0.139. The van der Waals surface area contributed by atoms with Gasteiger partial charge in [-0.3, -0.25) is 13.9 Å². The number of nitrogens with one attached hydrogen (secondary N) is 1. The second kappa shape index (κ2) is 11.2. The molecule has 0 spiro atoms. The number of hydrogen-bond acceptors (Lipinski definition) is 4. The van der Waals surface area contributed by atoms with Gasteiger partial charge in [-0.15, -0.1) is 0 Å². The lowest BCUT2D eigenvalue weighted by Crippen LogP contribution is -2.52. The van der Waals surface area contributed by atoms with E-state index in [2.05, 4.69) is 5.32 Å². The Bertz CT molecular complexity index is 1120. The number of sulfonamides is 1. The number of nitrogens with zero attached hydrogens (tertiary/aromatic N) is 2. The van der Waals surface area contributed by atoms with Gasteiger partial charge in [0.05, 0.1) is 22.0 Å². The minimum atomic E-state index is -3.77.